The molecule has 21 heavy (non-hydrogen) atoms. The molecule has 0 aromatic heterocycles. The molecule has 1 amide bonds. The number of ether oxygens (including phenoxy) is 2. The van der Waals surface area contributed by atoms with Crippen molar-refractivity contribution in [1.82, 2.24) is 0 Å². The Balaban J connectivity index is 2.21. The first-order valence-corrected chi connectivity index (χ1v) is 7.95. The second-order valence-corrected chi connectivity index (χ2v) is 6.29. The van der Waals surface area contributed by atoms with E-state index in [1.165, 1.54) is 12.1 Å². The van der Waals surface area contributed by atoms with Gasteiger partial charge in [-0.05, 0) is 25.1 Å². The SMILES string of the molecule is CCOC(=O)C1(C(=O)Nc2cc(Cl)cc(Cl)c2)OCCS1. The van der Waals surface area contributed by atoms with Crippen molar-refractivity contribution in [2.24, 2.45) is 0 Å². The minimum atomic E-state index is -1.68. The smallest absolute Gasteiger partial charge is 0.359 e. The Morgan fingerprint density at radius 1 is 1.38 bits per heavy atom. The van der Waals surface area contributed by atoms with Gasteiger partial charge in [-0.3, -0.25) is 4.79 Å². The third-order valence-electron chi connectivity index (χ3n) is 2.66. The number of hydrogen-bond acceptors (Lipinski definition) is 5. The van der Waals surface area contributed by atoms with Crippen molar-refractivity contribution in [1.29, 1.82) is 0 Å². The summed E-state index contributed by atoms with van der Waals surface area (Å²) < 4.78 is 10.3. The highest BCUT2D eigenvalue weighted by molar-refractivity contribution is 8.02. The average molecular weight is 350 g/mol. The number of amides is 1. The molecule has 2 rings (SSSR count). The zero-order valence-corrected chi connectivity index (χ0v) is 13.5. The normalized spacial score (nSPS) is 21.1. The molecule has 1 fully saturated rings. The Bertz CT molecular complexity index is 541. The first kappa shape index (κ1) is 16.4. The lowest BCUT2D eigenvalue weighted by Crippen LogP contribution is -2.48. The standard InChI is InChI=1S/C13H13Cl2NO4S/c1-2-19-12(18)13(20-3-4-21-13)11(17)16-10-6-8(14)5-9(15)7-10/h5-7H,2-4H2,1H3,(H,16,17). The summed E-state index contributed by atoms with van der Waals surface area (Å²) in [6, 6.07) is 4.61. The largest absolute Gasteiger partial charge is 0.463 e. The van der Waals surface area contributed by atoms with Gasteiger partial charge in [0.2, 0.25) is 0 Å². The summed E-state index contributed by atoms with van der Waals surface area (Å²) in [4.78, 5) is 22.8. The second-order valence-electron chi connectivity index (χ2n) is 4.15. The van der Waals surface area contributed by atoms with Crippen LogP contribution in [-0.2, 0) is 19.1 Å². The summed E-state index contributed by atoms with van der Waals surface area (Å²) in [5.41, 5.74) is 0.386. The predicted molar refractivity (Wildman–Crippen MR) is 82.9 cm³/mol. The summed E-state index contributed by atoms with van der Waals surface area (Å²) in [5.74, 6) is -0.789. The topological polar surface area (TPSA) is 64.6 Å². The van der Waals surface area contributed by atoms with E-state index in [1.54, 1.807) is 13.0 Å². The maximum absolute atomic E-state index is 12.4. The maximum atomic E-state index is 12.4. The predicted octanol–water partition coefficient (Wildman–Crippen LogP) is 2.95. The fraction of sp³-hybridized carbons (Fsp3) is 0.385. The van der Waals surface area contributed by atoms with Crippen LogP contribution < -0.4 is 5.32 Å². The molecule has 5 nitrogen and oxygen atoms in total. The molecule has 0 radical (unpaired) electrons. The molecule has 1 aliphatic heterocycles. The monoisotopic (exact) mass is 349 g/mol. The summed E-state index contributed by atoms with van der Waals surface area (Å²) >= 11 is 12.9. The molecule has 1 saturated heterocycles. The van der Waals surface area contributed by atoms with E-state index in [0.29, 0.717) is 28.1 Å². The molecule has 1 aromatic carbocycles. The molecule has 8 heteroatoms. The van der Waals surface area contributed by atoms with E-state index in [9.17, 15) is 9.59 Å². The lowest BCUT2D eigenvalue weighted by Gasteiger charge is -2.23. The van der Waals surface area contributed by atoms with Crippen LogP contribution in [0.2, 0.25) is 10.0 Å². The van der Waals surface area contributed by atoms with Crippen LogP contribution in [0.1, 0.15) is 6.92 Å². The van der Waals surface area contributed by atoms with E-state index in [-0.39, 0.29) is 6.61 Å². The second kappa shape index (κ2) is 6.87. The Labute approximate surface area is 136 Å². The highest BCUT2D eigenvalue weighted by Crippen LogP contribution is 2.36. The van der Waals surface area contributed by atoms with E-state index in [2.05, 4.69) is 5.32 Å². The minimum Gasteiger partial charge on any atom is -0.463 e. The zero-order valence-electron chi connectivity index (χ0n) is 11.2. The van der Waals surface area contributed by atoms with Gasteiger partial charge in [0.15, 0.2) is 0 Å². The van der Waals surface area contributed by atoms with Crippen LogP contribution in [0.25, 0.3) is 0 Å². The number of rotatable bonds is 4. The Morgan fingerprint density at radius 3 is 2.57 bits per heavy atom. The van der Waals surface area contributed by atoms with Crippen LogP contribution in [0.3, 0.4) is 0 Å². The Kier molecular flexibility index (Phi) is 5.37. The highest BCUT2D eigenvalue weighted by Gasteiger charge is 2.52. The summed E-state index contributed by atoms with van der Waals surface area (Å²) in [6.07, 6.45) is 0. The van der Waals surface area contributed by atoms with Crippen LogP contribution in [0.4, 0.5) is 5.69 Å². The van der Waals surface area contributed by atoms with Crippen molar-refractivity contribution in [2.45, 2.75) is 11.9 Å². The number of hydrogen-bond donors (Lipinski definition) is 1. The van der Waals surface area contributed by atoms with E-state index >= 15 is 0 Å². The van der Waals surface area contributed by atoms with Gasteiger partial charge in [0.1, 0.15) is 0 Å². The number of halogens is 2. The van der Waals surface area contributed by atoms with E-state index in [4.69, 9.17) is 32.7 Å². The molecule has 0 aliphatic carbocycles. The van der Waals surface area contributed by atoms with Crippen LogP contribution in [0.15, 0.2) is 18.2 Å². The molecule has 1 unspecified atom stereocenters. The van der Waals surface area contributed by atoms with Gasteiger partial charge in [-0.15, -0.1) is 11.8 Å². The molecular formula is C13H13Cl2NO4S. The molecule has 0 saturated carbocycles. The molecule has 1 N–H and O–H groups in total. The number of benzene rings is 1. The maximum Gasteiger partial charge on any atom is 0.359 e. The van der Waals surface area contributed by atoms with Crippen molar-refractivity contribution in [3.8, 4) is 0 Å². The third kappa shape index (κ3) is 3.63. The van der Waals surface area contributed by atoms with Gasteiger partial charge in [-0.1, -0.05) is 23.2 Å². The summed E-state index contributed by atoms with van der Waals surface area (Å²) in [5, 5.41) is 3.35. The lowest BCUT2D eigenvalue weighted by atomic mass is 10.2. The van der Waals surface area contributed by atoms with Crippen LogP contribution >= 0.6 is 35.0 Å². The molecule has 1 atom stereocenters. The van der Waals surface area contributed by atoms with Crippen molar-refractivity contribution >= 4 is 52.5 Å². The molecule has 114 valence electrons. The lowest BCUT2D eigenvalue weighted by molar-refractivity contribution is -0.162. The quantitative estimate of drug-likeness (QED) is 0.668. The van der Waals surface area contributed by atoms with Gasteiger partial charge in [-0.25, -0.2) is 4.79 Å². The van der Waals surface area contributed by atoms with Gasteiger partial charge in [-0.2, -0.15) is 0 Å². The van der Waals surface area contributed by atoms with Gasteiger partial charge in [0, 0.05) is 21.5 Å². The van der Waals surface area contributed by atoms with E-state index < -0.39 is 16.8 Å². The van der Waals surface area contributed by atoms with Gasteiger partial charge >= 0.3 is 5.97 Å². The van der Waals surface area contributed by atoms with Gasteiger partial charge in [0.05, 0.1) is 13.2 Å². The van der Waals surface area contributed by atoms with E-state index in [1.807, 2.05) is 0 Å². The molecule has 1 aromatic rings. The van der Waals surface area contributed by atoms with Crippen LogP contribution in [0.5, 0.6) is 0 Å². The number of anilines is 1. The fourth-order valence-electron chi connectivity index (χ4n) is 1.82. The van der Waals surface area contributed by atoms with Gasteiger partial charge < -0.3 is 14.8 Å². The highest BCUT2D eigenvalue weighted by atomic mass is 35.5. The van der Waals surface area contributed by atoms with Crippen molar-refractivity contribution in [2.75, 3.05) is 24.3 Å². The van der Waals surface area contributed by atoms with Crippen molar-refractivity contribution < 1.29 is 19.1 Å². The zero-order chi connectivity index (χ0) is 15.5. The summed E-state index contributed by atoms with van der Waals surface area (Å²) in [7, 11) is 0. The molecule has 0 spiro atoms. The average Bonchev–Trinajstić information content (AvgIpc) is 2.88. The first-order valence-electron chi connectivity index (χ1n) is 6.20. The van der Waals surface area contributed by atoms with Gasteiger partial charge in [0.25, 0.3) is 10.8 Å². The van der Waals surface area contributed by atoms with E-state index in [0.717, 1.165) is 11.8 Å². The Morgan fingerprint density at radius 2 is 2.05 bits per heavy atom. The van der Waals surface area contributed by atoms with Crippen molar-refractivity contribution in [3.63, 3.8) is 0 Å². The van der Waals surface area contributed by atoms with Crippen LogP contribution in [0, 0.1) is 0 Å². The number of carbonyl (C=O) groups is 2. The molecule has 0 bridgehead atoms. The number of nitrogens with one attached hydrogen (secondary N) is 1. The Hall–Kier alpha value is -0.950. The first-order chi connectivity index (χ1) is 9.98. The fourth-order valence-corrected chi connectivity index (χ4v) is 3.33. The summed E-state index contributed by atoms with van der Waals surface area (Å²) in [6.45, 7) is 2.13. The number of esters is 1. The molecular weight excluding hydrogens is 337 g/mol. The van der Waals surface area contributed by atoms with Crippen LogP contribution in [-0.4, -0.2) is 35.8 Å². The van der Waals surface area contributed by atoms with Crippen molar-refractivity contribution in [3.05, 3.63) is 28.2 Å². The third-order valence-corrected chi connectivity index (χ3v) is 4.34. The number of thioether (sulfide) groups is 1. The molecule has 1 aliphatic rings. The number of carbonyl (C=O) groups excluding carboxylic acids is 2. The molecule has 1 heterocycles. The minimum absolute atomic E-state index is 0.167.